The van der Waals surface area contributed by atoms with Crippen molar-refractivity contribution in [3.63, 3.8) is 0 Å². The van der Waals surface area contributed by atoms with Crippen LogP contribution in [-0.2, 0) is 9.47 Å². The molecule has 1 fully saturated rings. The first-order valence-corrected chi connectivity index (χ1v) is 6.67. The minimum absolute atomic E-state index is 0.223. The summed E-state index contributed by atoms with van der Waals surface area (Å²) in [7, 11) is 1.31. The third kappa shape index (κ3) is 2.39. The second-order valence-corrected chi connectivity index (χ2v) is 5.49. The molecule has 0 aromatic heterocycles. The number of methoxy groups -OCH3 is 1. The number of carbonyl (C=O) groups excluding carboxylic acids is 1. The quantitative estimate of drug-likeness (QED) is 0.685. The van der Waals surface area contributed by atoms with Crippen molar-refractivity contribution in [3.8, 4) is 0 Å². The third-order valence-electron chi connectivity index (χ3n) is 4.01. The smallest absolute Gasteiger partial charge is 0.199 e. The van der Waals surface area contributed by atoms with E-state index in [1.54, 1.807) is 18.2 Å². The van der Waals surface area contributed by atoms with Gasteiger partial charge in [0.15, 0.2) is 17.7 Å². The first kappa shape index (κ1) is 16.1. The van der Waals surface area contributed by atoms with Crippen LogP contribution in [-0.4, -0.2) is 57.9 Å². The maximum atomic E-state index is 12.6. The summed E-state index contributed by atoms with van der Waals surface area (Å²) in [5.74, 6) is -0.710. The van der Waals surface area contributed by atoms with Gasteiger partial charge in [0, 0.05) is 12.7 Å². The van der Waals surface area contributed by atoms with Gasteiger partial charge in [-0.2, -0.15) is 0 Å². The molecule has 1 aromatic rings. The SMILES string of the molecule is CO[C@H]1O[C@H](C)[C@](O)(C(=O)c2ccccc2)[C@H](O)[C@@]1(C)O. The molecule has 1 saturated heterocycles. The summed E-state index contributed by atoms with van der Waals surface area (Å²) in [6.07, 6.45) is -3.96. The van der Waals surface area contributed by atoms with Crippen LogP contribution >= 0.6 is 0 Å². The van der Waals surface area contributed by atoms with Gasteiger partial charge in [-0.3, -0.25) is 4.79 Å². The zero-order valence-electron chi connectivity index (χ0n) is 12.2. The summed E-state index contributed by atoms with van der Waals surface area (Å²) in [6.45, 7) is 2.70. The van der Waals surface area contributed by atoms with Crippen molar-refractivity contribution < 1.29 is 29.6 Å². The van der Waals surface area contributed by atoms with Gasteiger partial charge in [0.25, 0.3) is 0 Å². The molecular weight excluding hydrogens is 276 g/mol. The molecule has 5 atom stereocenters. The summed E-state index contributed by atoms with van der Waals surface area (Å²) >= 11 is 0. The van der Waals surface area contributed by atoms with E-state index in [1.165, 1.54) is 33.1 Å². The lowest BCUT2D eigenvalue weighted by Crippen LogP contribution is -2.73. The van der Waals surface area contributed by atoms with Gasteiger partial charge in [0.1, 0.15) is 11.7 Å². The Morgan fingerprint density at radius 2 is 1.86 bits per heavy atom. The molecule has 0 saturated carbocycles. The minimum atomic E-state index is -2.26. The summed E-state index contributed by atoms with van der Waals surface area (Å²) in [6, 6.07) is 8.07. The first-order chi connectivity index (χ1) is 9.76. The van der Waals surface area contributed by atoms with Crippen LogP contribution in [0.1, 0.15) is 24.2 Å². The third-order valence-corrected chi connectivity index (χ3v) is 4.01. The normalized spacial score (nSPS) is 40.0. The zero-order chi connectivity index (χ0) is 15.8. The van der Waals surface area contributed by atoms with E-state index in [1.807, 2.05) is 0 Å². The van der Waals surface area contributed by atoms with E-state index in [0.29, 0.717) is 0 Å². The number of ether oxygens (including phenoxy) is 2. The van der Waals surface area contributed by atoms with E-state index in [9.17, 15) is 20.1 Å². The molecule has 2 rings (SSSR count). The average molecular weight is 296 g/mol. The summed E-state index contributed by atoms with van der Waals surface area (Å²) in [5, 5.41) is 31.5. The molecule has 1 aliphatic rings. The Morgan fingerprint density at radius 1 is 1.29 bits per heavy atom. The lowest BCUT2D eigenvalue weighted by Gasteiger charge is -2.50. The summed E-state index contributed by atoms with van der Waals surface area (Å²) in [5.41, 5.74) is -3.97. The Labute approximate surface area is 122 Å². The largest absolute Gasteiger partial charge is 0.386 e. The van der Waals surface area contributed by atoms with Crippen molar-refractivity contribution in [3.05, 3.63) is 35.9 Å². The van der Waals surface area contributed by atoms with E-state index in [0.717, 1.165) is 0 Å². The van der Waals surface area contributed by atoms with Crippen LogP contribution in [0.15, 0.2) is 30.3 Å². The topological polar surface area (TPSA) is 96.2 Å². The number of rotatable bonds is 3. The number of hydrogen-bond donors (Lipinski definition) is 3. The Morgan fingerprint density at radius 3 is 2.38 bits per heavy atom. The number of carbonyl (C=O) groups is 1. The lowest BCUT2D eigenvalue weighted by molar-refractivity contribution is -0.339. The van der Waals surface area contributed by atoms with Gasteiger partial charge in [-0.05, 0) is 13.8 Å². The van der Waals surface area contributed by atoms with Gasteiger partial charge in [0.05, 0.1) is 6.10 Å². The molecule has 0 radical (unpaired) electrons. The fourth-order valence-electron chi connectivity index (χ4n) is 2.65. The average Bonchev–Trinajstić information content (AvgIpc) is 2.49. The Bertz CT molecular complexity index is 514. The van der Waals surface area contributed by atoms with Crippen molar-refractivity contribution in [1.29, 1.82) is 0 Å². The Hall–Kier alpha value is -1.31. The fourth-order valence-corrected chi connectivity index (χ4v) is 2.65. The molecule has 116 valence electrons. The van der Waals surface area contributed by atoms with E-state index in [4.69, 9.17) is 9.47 Å². The number of aliphatic hydroxyl groups excluding tert-OH is 1. The first-order valence-electron chi connectivity index (χ1n) is 6.67. The number of benzene rings is 1. The highest BCUT2D eigenvalue weighted by atomic mass is 16.7. The van der Waals surface area contributed by atoms with Crippen molar-refractivity contribution in [2.45, 2.75) is 43.5 Å². The highest BCUT2D eigenvalue weighted by Gasteiger charge is 2.62. The monoisotopic (exact) mass is 296 g/mol. The van der Waals surface area contributed by atoms with Gasteiger partial charge in [-0.25, -0.2) is 0 Å². The summed E-state index contributed by atoms with van der Waals surface area (Å²) < 4.78 is 10.3. The van der Waals surface area contributed by atoms with Crippen molar-refractivity contribution in [2.75, 3.05) is 7.11 Å². The molecule has 1 heterocycles. The number of ketones is 1. The summed E-state index contributed by atoms with van der Waals surface area (Å²) in [4.78, 5) is 12.6. The number of Topliss-reactive ketones (excluding diaryl/α,β-unsaturated/α-hetero) is 1. The molecule has 1 aliphatic heterocycles. The van der Waals surface area contributed by atoms with Crippen LogP contribution in [0.5, 0.6) is 0 Å². The molecule has 3 N–H and O–H groups in total. The molecule has 1 aromatic carbocycles. The minimum Gasteiger partial charge on any atom is -0.386 e. The maximum Gasteiger partial charge on any atom is 0.199 e. The lowest BCUT2D eigenvalue weighted by atomic mass is 9.74. The predicted octanol–water partition coefficient (Wildman–Crippen LogP) is 0.104. The van der Waals surface area contributed by atoms with Crippen molar-refractivity contribution in [2.24, 2.45) is 0 Å². The fraction of sp³-hybridized carbons (Fsp3) is 0.533. The molecular formula is C15H20O6. The second kappa shape index (κ2) is 5.47. The van der Waals surface area contributed by atoms with Gasteiger partial charge in [0.2, 0.25) is 0 Å². The molecule has 21 heavy (non-hydrogen) atoms. The highest BCUT2D eigenvalue weighted by molar-refractivity contribution is 6.03. The Balaban J connectivity index is 2.43. The molecule has 6 nitrogen and oxygen atoms in total. The molecule has 6 heteroatoms. The van der Waals surface area contributed by atoms with Crippen LogP contribution in [0.25, 0.3) is 0 Å². The van der Waals surface area contributed by atoms with Gasteiger partial charge < -0.3 is 24.8 Å². The van der Waals surface area contributed by atoms with E-state index >= 15 is 0 Å². The molecule has 0 unspecified atom stereocenters. The van der Waals surface area contributed by atoms with Gasteiger partial charge in [-0.1, -0.05) is 30.3 Å². The van der Waals surface area contributed by atoms with Crippen LogP contribution in [0.2, 0.25) is 0 Å². The second-order valence-electron chi connectivity index (χ2n) is 5.49. The standard InChI is InChI=1S/C15H20O6/c1-9-15(19,11(16)10-7-5-4-6-8-10)12(17)14(2,18)13(20-3)21-9/h4-9,12-13,17-19H,1-3H3/t9-,12-,13+,14-,15+/m1/s1. The molecule has 0 aliphatic carbocycles. The van der Waals surface area contributed by atoms with Crippen molar-refractivity contribution >= 4 is 5.78 Å². The van der Waals surface area contributed by atoms with E-state index in [-0.39, 0.29) is 5.56 Å². The number of hydrogen-bond acceptors (Lipinski definition) is 6. The van der Waals surface area contributed by atoms with Gasteiger partial charge in [-0.15, -0.1) is 0 Å². The maximum absolute atomic E-state index is 12.6. The molecule has 0 spiro atoms. The van der Waals surface area contributed by atoms with Crippen LogP contribution in [0.3, 0.4) is 0 Å². The van der Waals surface area contributed by atoms with E-state index < -0.39 is 35.5 Å². The van der Waals surface area contributed by atoms with Gasteiger partial charge >= 0.3 is 0 Å². The molecule has 0 bridgehead atoms. The molecule has 0 amide bonds. The van der Waals surface area contributed by atoms with Crippen molar-refractivity contribution in [1.82, 2.24) is 0 Å². The van der Waals surface area contributed by atoms with Crippen LogP contribution in [0, 0.1) is 0 Å². The Kier molecular flexibility index (Phi) is 4.19. The van der Waals surface area contributed by atoms with Crippen LogP contribution < -0.4 is 0 Å². The van der Waals surface area contributed by atoms with Crippen LogP contribution in [0.4, 0.5) is 0 Å². The number of aliphatic hydroxyl groups is 3. The predicted molar refractivity (Wildman–Crippen MR) is 73.7 cm³/mol. The van der Waals surface area contributed by atoms with E-state index in [2.05, 4.69) is 0 Å². The highest BCUT2D eigenvalue weighted by Crippen LogP contribution is 2.38. The zero-order valence-corrected chi connectivity index (χ0v) is 12.2.